The Morgan fingerprint density at radius 2 is 2.06 bits per heavy atom. The second-order valence-electron chi connectivity index (χ2n) is 7.72. The van der Waals surface area contributed by atoms with Crippen LogP contribution in [0, 0.1) is 12.7 Å². The van der Waals surface area contributed by atoms with Crippen LogP contribution in [0.3, 0.4) is 0 Å². The maximum absolute atomic E-state index is 14.4. The van der Waals surface area contributed by atoms with Crippen molar-refractivity contribution < 1.29 is 9.13 Å². The smallest absolute Gasteiger partial charge is 0.326 e. The summed E-state index contributed by atoms with van der Waals surface area (Å²) in [5.41, 5.74) is 8.19. The van der Waals surface area contributed by atoms with Crippen molar-refractivity contribution in [1.82, 2.24) is 24.9 Å². The number of aromatic amines is 1. The number of rotatable bonds is 4. The predicted molar refractivity (Wildman–Crippen MR) is 117 cm³/mol. The molecule has 0 bridgehead atoms. The van der Waals surface area contributed by atoms with Gasteiger partial charge < -0.3 is 25.7 Å². The molecule has 1 saturated heterocycles. The number of fused-ring (bicyclic) bond motifs is 3. The van der Waals surface area contributed by atoms with Gasteiger partial charge in [-0.3, -0.25) is 0 Å². The number of piperidine rings is 1. The Labute approximate surface area is 177 Å². The molecule has 4 heterocycles. The van der Waals surface area contributed by atoms with Crippen LogP contribution in [0.25, 0.3) is 21.9 Å². The Morgan fingerprint density at radius 1 is 1.26 bits per heavy atom. The van der Waals surface area contributed by atoms with E-state index < -0.39 is 0 Å². The molecule has 9 nitrogen and oxygen atoms in total. The molecule has 1 fully saturated rings. The van der Waals surface area contributed by atoms with Crippen molar-refractivity contribution in [2.45, 2.75) is 25.8 Å². The number of nitrogens with two attached hydrogens (primary N) is 1. The summed E-state index contributed by atoms with van der Waals surface area (Å²) in [6, 6.07) is 3.15. The molecular weight excluding hydrogens is 399 g/mol. The van der Waals surface area contributed by atoms with Crippen molar-refractivity contribution in [1.29, 1.82) is 0 Å². The van der Waals surface area contributed by atoms with Gasteiger partial charge in [-0.15, -0.1) is 0 Å². The number of nitrogens with zero attached hydrogens (tertiary/aromatic N) is 5. The maximum Gasteiger partial charge on any atom is 0.326 e. The van der Waals surface area contributed by atoms with E-state index in [2.05, 4.69) is 30.2 Å². The van der Waals surface area contributed by atoms with E-state index in [-0.39, 0.29) is 17.9 Å². The molecule has 0 aliphatic carbocycles. The van der Waals surface area contributed by atoms with Gasteiger partial charge in [0.05, 0.1) is 29.0 Å². The average molecular weight is 422 g/mol. The molecule has 4 N–H and O–H groups in total. The van der Waals surface area contributed by atoms with Gasteiger partial charge in [0.25, 0.3) is 0 Å². The van der Waals surface area contributed by atoms with Crippen LogP contribution in [0.2, 0.25) is 0 Å². The molecule has 0 saturated carbocycles. The first-order chi connectivity index (χ1) is 15.0. The number of halogens is 1. The molecule has 1 aliphatic rings. The zero-order chi connectivity index (χ0) is 21.5. The zero-order valence-electron chi connectivity index (χ0n) is 17.3. The Balaban J connectivity index is 1.71. The van der Waals surface area contributed by atoms with Gasteiger partial charge in [0.2, 0.25) is 0 Å². The van der Waals surface area contributed by atoms with E-state index in [4.69, 9.17) is 15.5 Å². The third-order valence-electron chi connectivity index (χ3n) is 5.48. The lowest BCUT2D eigenvalue weighted by Crippen LogP contribution is -2.43. The highest BCUT2D eigenvalue weighted by molar-refractivity contribution is 6.14. The van der Waals surface area contributed by atoms with Gasteiger partial charge in [-0.2, -0.15) is 9.97 Å². The quantitative estimate of drug-likeness (QED) is 0.459. The molecule has 0 spiro atoms. The lowest BCUT2D eigenvalue weighted by atomic mass is 10.1. The monoisotopic (exact) mass is 422 g/mol. The molecule has 0 amide bonds. The Bertz CT molecular complexity index is 1260. The number of hydrogen-bond donors (Lipinski definition) is 3. The minimum atomic E-state index is -0.337. The fourth-order valence-corrected chi connectivity index (χ4v) is 4.04. The summed E-state index contributed by atoms with van der Waals surface area (Å²) in [6.45, 7) is 3.25. The fraction of sp³-hybridized carbons (Fsp3) is 0.333. The SMILES string of the molecule is CNc1cc(F)cc2c1[nH]c1nc(Oc3cnc(C)nc3)nc(N3CCC[C@H](N)C3)c12. The van der Waals surface area contributed by atoms with E-state index in [1.165, 1.54) is 12.1 Å². The molecule has 31 heavy (non-hydrogen) atoms. The van der Waals surface area contributed by atoms with Crippen LogP contribution in [0.1, 0.15) is 18.7 Å². The molecular formula is C21H23FN8O. The number of aromatic nitrogens is 5. The number of benzene rings is 1. The van der Waals surface area contributed by atoms with Gasteiger partial charge in [-0.05, 0) is 31.9 Å². The van der Waals surface area contributed by atoms with Crippen molar-refractivity contribution in [3.63, 3.8) is 0 Å². The highest BCUT2D eigenvalue weighted by atomic mass is 19.1. The first-order valence-electron chi connectivity index (χ1n) is 10.2. The van der Waals surface area contributed by atoms with Crippen molar-refractivity contribution in [2.75, 3.05) is 30.4 Å². The molecule has 1 aromatic carbocycles. The van der Waals surface area contributed by atoms with E-state index in [0.717, 1.165) is 30.3 Å². The minimum Gasteiger partial charge on any atom is -0.421 e. The van der Waals surface area contributed by atoms with Crippen LogP contribution in [0.5, 0.6) is 11.8 Å². The first kappa shape index (κ1) is 19.4. The van der Waals surface area contributed by atoms with Crippen molar-refractivity contribution in [3.8, 4) is 11.8 Å². The Hall–Kier alpha value is -3.53. The topological polar surface area (TPSA) is 118 Å². The summed E-state index contributed by atoms with van der Waals surface area (Å²) in [7, 11) is 1.75. The summed E-state index contributed by atoms with van der Waals surface area (Å²) in [4.78, 5) is 23.0. The van der Waals surface area contributed by atoms with Crippen LogP contribution >= 0.6 is 0 Å². The largest absolute Gasteiger partial charge is 0.421 e. The molecule has 10 heteroatoms. The van der Waals surface area contributed by atoms with E-state index in [0.29, 0.717) is 40.7 Å². The predicted octanol–water partition coefficient (Wildman–Crippen LogP) is 3.11. The highest BCUT2D eigenvalue weighted by Crippen LogP contribution is 2.37. The number of H-pyrrole nitrogens is 1. The van der Waals surface area contributed by atoms with Crippen LogP contribution in [-0.2, 0) is 0 Å². The van der Waals surface area contributed by atoms with E-state index >= 15 is 0 Å². The van der Waals surface area contributed by atoms with Gasteiger partial charge in [-0.25, -0.2) is 14.4 Å². The van der Waals surface area contributed by atoms with E-state index in [1.807, 2.05) is 0 Å². The molecule has 3 aromatic heterocycles. The molecule has 1 aliphatic heterocycles. The first-order valence-corrected chi connectivity index (χ1v) is 10.2. The Kier molecular flexibility index (Phi) is 4.78. The summed E-state index contributed by atoms with van der Waals surface area (Å²) < 4.78 is 20.2. The minimum absolute atomic E-state index is 0.0449. The second kappa shape index (κ2) is 7.62. The van der Waals surface area contributed by atoms with Gasteiger partial charge in [0.15, 0.2) is 5.75 Å². The van der Waals surface area contributed by atoms with Crippen molar-refractivity contribution >= 4 is 33.4 Å². The number of hydrogen-bond acceptors (Lipinski definition) is 8. The molecule has 5 rings (SSSR count). The van der Waals surface area contributed by atoms with Crippen LogP contribution in [0.4, 0.5) is 15.9 Å². The number of anilines is 2. The zero-order valence-corrected chi connectivity index (χ0v) is 17.3. The average Bonchev–Trinajstić information content (AvgIpc) is 3.12. The van der Waals surface area contributed by atoms with E-state index in [9.17, 15) is 4.39 Å². The summed E-state index contributed by atoms with van der Waals surface area (Å²) in [6.07, 6.45) is 5.06. The standard InChI is InChI=1S/C21H23FN8O/c1-11-25-8-14(9-26-11)31-21-28-19-17(20(29-21)30-5-3-4-13(23)10-30)15-6-12(22)7-16(24-2)18(15)27-19/h6-9,13,24H,3-5,10,23H2,1-2H3,(H,27,28,29)/t13-/m0/s1. The van der Waals surface area contributed by atoms with Gasteiger partial charge in [0, 0.05) is 31.6 Å². The van der Waals surface area contributed by atoms with Gasteiger partial charge in [0.1, 0.15) is 23.1 Å². The van der Waals surface area contributed by atoms with Crippen LogP contribution in [-0.4, -0.2) is 51.1 Å². The lowest BCUT2D eigenvalue weighted by Gasteiger charge is -2.32. The summed E-state index contributed by atoms with van der Waals surface area (Å²) >= 11 is 0. The molecule has 0 radical (unpaired) electrons. The number of aryl methyl sites for hydroxylation is 1. The lowest BCUT2D eigenvalue weighted by molar-refractivity contribution is 0.436. The summed E-state index contributed by atoms with van der Waals surface area (Å²) in [5, 5.41) is 4.49. The molecule has 1 atom stereocenters. The molecule has 4 aromatic rings. The highest BCUT2D eigenvalue weighted by Gasteiger charge is 2.25. The van der Waals surface area contributed by atoms with Crippen molar-refractivity contribution in [2.24, 2.45) is 5.73 Å². The fourth-order valence-electron chi connectivity index (χ4n) is 4.04. The second-order valence-corrected chi connectivity index (χ2v) is 7.72. The number of ether oxygens (including phenoxy) is 1. The van der Waals surface area contributed by atoms with Gasteiger partial charge >= 0.3 is 6.01 Å². The normalized spacial score (nSPS) is 16.8. The third kappa shape index (κ3) is 3.59. The van der Waals surface area contributed by atoms with Crippen LogP contribution in [0.15, 0.2) is 24.5 Å². The Morgan fingerprint density at radius 3 is 2.81 bits per heavy atom. The number of nitrogens with one attached hydrogen (secondary N) is 2. The third-order valence-corrected chi connectivity index (χ3v) is 5.48. The summed E-state index contributed by atoms with van der Waals surface area (Å²) in [5.74, 6) is 1.41. The molecule has 0 unspecified atom stereocenters. The maximum atomic E-state index is 14.4. The molecule has 160 valence electrons. The van der Waals surface area contributed by atoms with Crippen molar-refractivity contribution in [3.05, 3.63) is 36.2 Å². The van der Waals surface area contributed by atoms with Crippen LogP contribution < -0.4 is 20.7 Å². The van der Waals surface area contributed by atoms with E-state index in [1.54, 1.807) is 26.4 Å². The van der Waals surface area contributed by atoms with Gasteiger partial charge in [-0.1, -0.05) is 0 Å².